The summed E-state index contributed by atoms with van der Waals surface area (Å²) in [6, 6.07) is -0.953. The van der Waals surface area contributed by atoms with Crippen molar-refractivity contribution >= 4 is 18.5 Å². The first-order valence-corrected chi connectivity index (χ1v) is 4.18. The van der Waals surface area contributed by atoms with Crippen LogP contribution in [0.5, 0.6) is 0 Å². The fourth-order valence-electron chi connectivity index (χ4n) is 1.96. The van der Waals surface area contributed by atoms with Gasteiger partial charge in [0, 0.05) is 6.54 Å². The van der Waals surface area contributed by atoms with E-state index >= 15 is 0 Å². The first-order chi connectivity index (χ1) is 6.16. The van der Waals surface area contributed by atoms with Gasteiger partial charge in [0.1, 0.15) is 18.8 Å². The predicted molar refractivity (Wildman–Crippen MR) is 49.1 cm³/mol. The highest BCUT2D eigenvalue weighted by Gasteiger charge is 2.53. The predicted octanol–water partition coefficient (Wildman–Crippen LogP) is -1.71. The van der Waals surface area contributed by atoms with Crippen molar-refractivity contribution in [1.82, 2.24) is 4.90 Å². The van der Waals surface area contributed by atoms with Crippen LogP contribution >= 0.6 is 12.4 Å². The molecule has 0 unspecified atom stereocenters. The highest BCUT2D eigenvalue weighted by Crippen LogP contribution is 2.29. The number of carbonyl (C=O) groups is 1. The largest absolute Gasteiger partial charge is 0.447 e. The van der Waals surface area contributed by atoms with Crippen LogP contribution < -0.4 is 5.73 Å². The number of ether oxygens (including phenoxy) is 1. The van der Waals surface area contributed by atoms with E-state index in [4.69, 9.17) is 10.5 Å². The van der Waals surface area contributed by atoms with Crippen molar-refractivity contribution in [3.8, 4) is 0 Å². The summed E-state index contributed by atoms with van der Waals surface area (Å²) < 4.78 is 4.73. The van der Waals surface area contributed by atoms with Crippen LogP contribution in [0.3, 0.4) is 0 Å². The van der Waals surface area contributed by atoms with Gasteiger partial charge < -0.3 is 20.7 Å². The van der Waals surface area contributed by atoms with E-state index < -0.39 is 30.4 Å². The zero-order chi connectivity index (χ0) is 9.59. The van der Waals surface area contributed by atoms with Gasteiger partial charge in [-0.25, -0.2) is 4.79 Å². The van der Waals surface area contributed by atoms with Crippen LogP contribution in [0.2, 0.25) is 0 Å². The summed E-state index contributed by atoms with van der Waals surface area (Å²) in [6.45, 7) is 0.261. The number of halogens is 1. The number of hydrogen-bond donors (Lipinski definition) is 3. The molecule has 0 aliphatic carbocycles. The van der Waals surface area contributed by atoms with Crippen LogP contribution in [0.15, 0.2) is 0 Å². The first kappa shape index (κ1) is 11.5. The molecule has 2 aliphatic rings. The molecule has 2 saturated heterocycles. The summed E-state index contributed by atoms with van der Waals surface area (Å²) in [7, 11) is 0. The van der Waals surface area contributed by atoms with Crippen LogP contribution in [0, 0.1) is 0 Å². The lowest BCUT2D eigenvalue weighted by atomic mass is 10.1. The molecule has 7 heteroatoms. The third kappa shape index (κ3) is 1.35. The Balaban J connectivity index is 0.000000980. The zero-order valence-electron chi connectivity index (χ0n) is 7.37. The molecule has 0 aromatic carbocycles. The highest BCUT2D eigenvalue weighted by atomic mass is 35.5. The van der Waals surface area contributed by atoms with Crippen LogP contribution in [0.1, 0.15) is 0 Å². The number of fused-ring (bicyclic) bond motifs is 1. The Labute approximate surface area is 87.0 Å². The Bertz CT molecular complexity index is 238. The van der Waals surface area contributed by atoms with Gasteiger partial charge in [-0.1, -0.05) is 0 Å². The number of rotatable bonds is 1. The number of hydrogen-bond acceptors (Lipinski definition) is 5. The van der Waals surface area contributed by atoms with E-state index in [0.29, 0.717) is 0 Å². The summed E-state index contributed by atoms with van der Waals surface area (Å²) in [5.74, 6) is 0. The summed E-state index contributed by atoms with van der Waals surface area (Å²) in [5.41, 5.74) is 5.38. The Kier molecular flexibility index (Phi) is 3.20. The third-order valence-corrected chi connectivity index (χ3v) is 2.68. The van der Waals surface area contributed by atoms with Crippen molar-refractivity contribution < 1.29 is 19.7 Å². The number of cyclic esters (lactones) is 1. The van der Waals surface area contributed by atoms with Crippen molar-refractivity contribution in [2.24, 2.45) is 5.73 Å². The normalized spacial score (nSPS) is 40.5. The minimum Gasteiger partial charge on any atom is -0.447 e. The van der Waals surface area contributed by atoms with Gasteiger partial charge in [-0.05, 0) is 0 Å². The van der Waals surface area contributed by atoms with Crippen LogP contribution in [-0.2, 0) is 4.74 Å². The van der Waals surface area contributed by atoms with E-state index in [9.17, 15) is 15.0 Å². The number of carbonyl (C=O) groups excluding carboxylic acids is 1. The number of aliphatic hydroxyl groups is 2. The molecule has 14 heavy (non-hydrogen) atoms. The van der Waals surface area contributed by atoms with Crippen LogP contribution in [-0.4, -0.2) is 58.6 Å². The average molecular weight is 225 g/mol. The second-order valence-electron chi connectivity index (χ2n) is 3.34. The molecule has 4 atom stereocenters. The molecule has 82 valence electrons. The topological polar surface area (TPSA) is 96.0 Å². The lowest BCUT2D eigenvalue weighted by Crippen LogP contribution is -2.43. The fraction of sp³-hybridized carbons (Fsp3) is 0.857. The Morgan fingerprint density at radius 1 is 1.50 bits per heavy atom. The van der Waals surface area contributed by atoms with Gasteiger partial charge in [0.05, 0.1) is 12.1 Å². The molecule has 0 aromatic rings. The van der Waals surface area contributed by atoms with E-state index in [1.54, 1.807) is 0 Å². The standard InChI is InChI=1S/C7H12N2O4.ClH/c8-1-3-5(10)6(11)4-2-13-7(12)9(3)4;/h3-6,10-11H,1-2,8H2;1H/t3-,4-,5+,6+;/m0./s1. The van der Waals surface area contributed by atoms with E-state index in [0.717, 1.165) is 0 Å². The van der Waals surface area contributed by atoms with Crippen molar-refractivity contribution in [2.75, 3.05) is 13.2 Å². The molecule has 0 aromatic heterocycles. The molecule has 2 fully saturated rings. The summed E-state index contributed by atoms with van der Waals surface area (Å²) in [6.07, 6.45) is -2.40. The number of amides is 1. The van der Waals surface area contributed by atoms with Crippen LogP contribution in [0.4, 0.5) is 4.79 Å². The van der Waals surface area contributed by atoms with Gasteiger partial charge in [-0.15, -0.1) is 12.4 Å². The Morgan fingerprint density at radius 3 is 2.71 bits per heavy atom. The van der Waals surface area contributed by atoms with Gasteiger partial charge >= 0.3 is 6.09 Å². The maximum absolute atomic E-state index is 11.1. The van der Waals surface area contributed by atoms with Gasteiger partial charge in [-0.2, -0.15) is 0 Å². The SMILES string of the molecule is Cl.NC[C@H]1[C@@H](O)[C@H](O)[C@@H]2COC(=O)N12. The molecular weight excluding hydrogens is 212 g/mol. The van der Waals surface area contributed by atoms with E-state index in [1.165, 1.54) is 4.90 Å². The fourth-order valence-corrected chi connectivity index (χ4v) is 1.96. The van der Waals surface area contributed by atoms with E-state index in [2.05, 4.69) is 0 Å². The third-order valence-electron chi connectivity index (χ3n) is 2.68. The number of nitrogens with two attached hydrogens (primary N) is 1. The molecule has 0 radical (unpaired) electrons. The zero-order valence-corrected chi connectivity index (χ0v) is 8.18. The monoisotopic (exact) mass is 224 g/mol. The molecule has 6 nitrogen and oxygen atoms in total. The summed E-state index contributed by atoms with van der Waals surface area (Å²) in [4.78, 5) is 12.5. The Hall–Kier alpha value is -0.560. The summed E-state index contributed by atoms with van der Waals surface area (Å²) in [5, 5.41) is 19.0. The van der Waals surface area contributed by atoms with Crippen molar-refractivity contribution in [2.45, 2.75) is 24.3 Å². The van der Waals surface area contributed by atoms with E-state index in [1.807, 2.05) is 0 Å². The van der Waals surface area contributed by atoms with Crippen molar-refractivity contribution in [1.29, 1.82) is 0 Å². The molecular formula is C7H13ClN2O4. The average Bonchev–Trinajstić information content (AvgIpc) is 2.58. The molecule has 2 heterocycles. The van der Waals surface area contributed by atoms with Crippen molar-refractivity contribution in [3.05, 3.63) is 0 Å². The minimum atomic E-state index is -0.956. The summed E-state index contributed by atoms with van der Waals surface area (Å²) >= 11 is 0. The van der Waals surface area contributed by atoms with Gasteiger partial charge in [0.2, 0.25) is 0 Å². The lowest BCUT2D eigenvalue weighted by Gasteiger charge is -2.20. The number of nitrogens with zero attached hydrogens (tertiary/aromatic N) is 1. The van der Waals surface area contributed by atoms with Gasteiger partial charge in [0.15, 0.2) is 0 Å². The quantitative estimate of drug-likeness (QED) is 0.493. The molecule has 2 aliphatic heterocycles. The molecule has 0 spiro atoms. The maximum Gasteiger partial charge on any atom is 0.410 e. The second-order valence-corrected chi connectivity index (χ2v) is 3.34. The molecule has 4 N–H and O–H groups in total. The molecule has 1 amide bonds. The molecule has 2 rings (SSSR count). The van der Waals surface area contributed by atoms with Crippen molar-refractivity contribution in [3.63, 3.8) is 0 Å². The highest BCUT2D eigenvalue weighted by molar-refractivity contribution is 5.85. The van der Waals surface area contributed by atoms with Crippen LogP contribution in [0.25, 0.3) is 0 Å². The first-order valence-electron chi connectivity index (χ1n) is 4.18. The second kappa shape index (κ2) is 3.90. The number of aliphatic hydroxyl groups excluding tert-OH is 2. The molecule has 0 saturated carbocycles. The van der Waals surface area contributed by atoms with E-state index in [-0.39, 0.29) is 25.6 Å². The minimum absolute atomic E-state index is 0. The maximum atomic E-state index is 11.1. The Morgan fingerprint density at radius 2 is 2.14 bits per heavy atom. The van der Waals surface area contributed by atoms with Gasteiger partial charge in [0.25, 0.3) is 0 Å². The lowest BCUT2D eigenvalue weighted by molar-refractivity contribution is 0.0198. The molecule has 0 bridgehead atoms. The smallest absolute Gasteiger partial charge is 0.410 e. The van der Waals surface area contributed by atoms with Gasteiger partial charge in [-0.3, -0.25) is 4.90 Å².